The van der Waals surface area contributed by atoms with E-state index in [1.807, 2.05) is 30.3 Å². The van der Waals surface area contributed by atoms with Crippen molar-refractivity contribution in [2.45, 2.75) is 19.3 Å². The highest BCUT2D eigenvalue weighted by molar-refractivity contribution is 6.01. The van der Waals surface area contributed by atoms with Crippen molar-refractivity contribution in [3.05, 3.63) is 54.1 Å². The van der Waals surface area contributed by atoms with Crippen LogP contribution in [-0.2, 0) is 4.79 Å². The van der Waals surface area contributed by atoms with Crippen molar-refractivity contribution >= 4 is 22.4 Å². The fourth-order valence-electron chi connectivity index (χ4n) is 3.86. The average Bonchev–Trinajstić information content (AvgIpc) is 2.58. The van der Waals surface area contributed by atoms with Crippen LogP contribution in [0.25, 0.3) is 10.8 Å². The summed E-state index contributed by atoms with van der Waals surface area (Å²) in [6.45, 7) is 3.47. The van der Waals surface area contributed by atoms with Crippen molar-refractivity contribution in [1.29, 1.82) is 0 Å². The molecule has 3 heteroatoms. The molecule has 0 radical (unpaired) electrons. The highest BCUT2D eigenvalue weighted by Gasteiger charge is 2.27. The molecule has 2 heterocycles. The molecule has 2 aromatic rings. The first-order chi connectivity index (χ1) is 11.3. The maximum atomic E-state index is 12.4. The number of piperidine rings is 2. The summed E-state index contributed by atoms with van der Waals surface area (Å²) in [4.78, 5) is 14.9. The predicted molar refractivity (Wildman–Crippen MR) is 94.4 cm³/mol. The number of nitrogens with zero attached hydrogens (tertiary/aromatic N) is 1. The van der Waals surface area contributed by atoms with E-state index in [0.29, 0.717) is 5.92 Å². The van der Waals surface area contributed by atoms with Gasteiger partial charge in [-0.1, -0.05) is 35.9 Å². The number of carbonyl (C=O) groups excluding carboxylic acids is 1. The molecule has 2 unspecified atom stereocenters. The number of rotatable bonds is 2. The fraction of sp³-hybridized carbons (Fsp3) is 0.350. The van der Waals surface area contributed by atoms with Crippen LogP contribution in [-0.4, -0.2) is 30.4 Å². The number of hydrogen-bond donors (Lipinski definition) is 1. The van der Waals surface area contributed by atoms with E-state index in [-0.39, 0.29) is 5.91 Å². The summed E-state index contributed by atoms with van der Waals surface area (Å²) in [5.74, 6) is 0.592. The Kier molecular flexibility index (Phi) is 3.88. The van der Waals surface area contributed by atoms with Gasteiger partial charge in [0.05, 0.1) is 0 Å². The molecule has 2 fully saturated rings. The molecule has 118 valence electrons. The van der Waals surface area contributed by atoms with Crippen LogP contribution < -0.4 is 5.32 Å². The van der Waals surface area contributed by atoms with E-state index >= 15 is 0 Å². The molecule has 0 spiro atoms. The third kappa shape index (κ3) is 3.15. The third-order valence-electron chi connectivity index (χ3n) is 5.08. The zero-order valence-corrected chi connectivity index (χ0v) is 13.3. The Morgan fingerprint density at radius 1 is 1.13 bits per heavy atom. The van der Waals surface area contributed by atoms with E-state index < -0.39 is 0 Å². The maximum absolute atomic E-state index is 12.4. The standard InChI is InChI=1S/C20H22N2O/c23-20(13-17-9-11-22-10-3-6-18(17)14-22)21-19-8-7-15-4-1-2-5-16(15)12-19/h1-2,4-5,7-8,12-13,18H,3,6,9-11,14H2,(H,21,23). The minimum atomic E-state index is 0.00862. The molecule has 3 nitrogen and oxygen atoms in total. The van der Waals surface area contributed by atoms with Crippen molar-refractivity contribution < 1.29 is 4.79 Å². The van der Waals surface area contributed by atoms with Gasteiger partial charge in [0.2, 0.25) is 5.91 Å². The van der Waals surface area contributed by atoms with Crippen LogP contribution in [0.1, 0.15) is 19.3 Å². The second kappa shape index (κ2) is 6.17. The van der Waals surface area contributed by atoms with E-state index in [9.17, 15) is 4.79 Å². The molecule has 2 saturated heterocycles. The van der Waals surface area contributed by atoms with E-state index in [0.717, 1.165) is 30.6 Å². The lowest BCUT2D eigenvalue weighted by Gasteiger charge is -2.39. The van der Waals surface area contributed by atoms with Gasteiger partial charge in [-0.05, 0) is 54.6 Å². The second-order valence-corrected chi connectivity index (χ2v) is 6.66. The van der Waals surface area contributed by atoms with E-state index in [4.69, 9.17) is 0 Å². The fourth-order valence-corrected chi connectivity index (χ4v) is 3.86. The molecule has 4 rings (SSSR count). The zero-order valence-electron chi connectivity index (χ0n) is 13.3. The lowest BCUT2D eigenvalue weighted by molar-refractivity contribution is -0.112. The summed E-state index contributed by atoms with van der Waals surface area (Å²) in [5, 5.41) is 5.37. The topological polar surface area (TPSA) is 32.3 Å². The monoisotopic (exact) mass is 306 g/mol. The maximum Gasteiger partial charge on any atom is 0.248 e. The van der Waals surface area contributed by atoms with Crippen molar-refractivity contribution in [2.24, 2.45) is 5.92 Å². The number of fused-ring (bicyclic) bond motifs is 3. The molecule has 2 aliphatic heterocycles. The van der Waals surface area contributed by atoms with Crippen LogP contribution in [0.15, 0.2) is 54.1 Å². The van der Waals surface area contributed by atoms with Gasteiger partial charge in [0.1, 0.15) is 0 Å². The molecule has 2 bridgehead atoms. The molecule has 1 N–H and O–H groups in total. The Hall–Kier alpha value is -2.13. The summed E-state index contributed by atoms with van der Waals surface area (Å²) < 4.78 is 0. The van der Waals surface area contributed by atoms with Gasteiger partial charge in [0.25, 0.3) is 0 Å². The van der Waals surface area contributed by atoms with Gasteiger partial charge in [-0.3, -0.25) is 4.79 Å². The first-order valence-electron chi connectivity index (χ1n) is 8.50. The second-order valence-electron chi connectivity index (χ2n) is 6.66. The van der Waals surface area contributed by atoms with Gasteiger partial charge < -0.3 is 10.2 Å². The van der Waals surface area contributed by atoms with Gasteiger partial charge >= 0.3 is 0 Å². The zero-order chi connectivity index (χ0) is 15.6. The van der Waals surface area contributed by atoms with E-state index in [2.05, 4.69) is 28.4 Å². The van der Waals surface area contributed by atoms with Crippen molar-refractivity contribution in [1.82, 2.24) is 4.90 Å². The molecular formula is C20H22N2O. The van der Waals surface area contributed by atoms with Crippen LogP contribution in [0, 0.1) is 5.92 Å². The quantitative estimate of drug-likeness (QED) is 0.856. The molecular weight excluding hydrogens is 284 g/mol. The highest BCUT2D eigenvalue weighted by Crippen LogP contribution is 2.30. The molecule has 0 aliphatic carbocycles. The smallest absolute Gasteiger partial charge is 0.248 e. The summed E-state index contributed by atoms with van der Waals surface area (Å²) >= 11 is 0. The average molecular weight is 306 g/mol. The Balaban J connectivity index is 1.49. The van der Waals surface area contributed by atoms with Crippen molar-refractivity contribution in [2.75, 3.05) is 25.0 Å². The SMILES string of the molecule is O=C(C=C1CCN2CCCC1C2)Nc1ccc2ccccc2c1. The van der Waals surface area contributed by atoms with Gasteiger partial charge in [-0.2, -0.15) is 0 Å². The Morgan fingerprint density at radius 2 is 2.00 bits per heavy atom. The number of anilines is 1. The van der Waals surface area contributed by atoms with Crippen molar-refractivity contribution in [3.8, 4) is 0 Å². The number of amides is 1. The molecule has 2 aromatic carbocycles. The molecule has 23 heavy (non-hydrogen) atoms. The molecule has 0 aromatic heterocycles. The highest BCUT2D eigenvalue weighted by atomic mass is 16.1. The first-order valence-corrected chi connectivity index (χ1v) is 8.50. The van der Waals surface area contributed by atoms with Crippen molar-refractivity contribution in [3.63, 3.8) is 0 Å². The minimum Gasteiger partial charge on any atom is -0.322 e. The van der Waals surface area contributed by atoms with Gasteiger partial charge in [0.15, 0.2) is 0 Å². The number of hydrogen-bond acceptors (Lipinski definition) is 2. The summed E-state index contributed by atoms with van der Waals surface area (Å²) in [5.41, 5.74) is 2.20. The first kappa shape index (κ1) is 14.5. The summed E-state index contributed by atoms with van der Waals surface area (Å²) in [6, 6.07) is 14.3. The Labute approximate surface area is 137 Å². The van der Waals surface area contributed by atoms with Crippen LogP contribution in [0.2, 0.25) is 0 Å². The number of nitrogens with one attached hydrogen (secondary N) is 1. The molecule has 1 amide bonds. The number of benzene rings is 2. The molecule has 2 atom stereocenters. The lowest BCUT2D eigenvalue weighted by atomic mass is 9.84. The minimum absolute atomic E-state index is 0.00862. The summed E-state index contributed by atoms with van der Waals surface area (Å²) in [7, 11) is 0. The van der Waals surface area contributed by atoms with Crippen LogP contribution in [0.5, 0.6) is 0 Å². The largest absolute Gasteiger partial charge is 0.322 e. The van der Waals surface area contributed by atoms with Crippen LogP contribution >= 0.6 is 0 Å². The lowest BCUT2D eigenvalue weighted by Crippen LogP contribution is -2.41. The Morgan fingerprint density at radius 3 is 2.91 bits per heavy atom. The van der Waals surface area contributed by atoms with Crippen LogP contribution in [0.3, 0.4) is 0 Å². The van der Waals surface area contributed by atoms with Gasteiger partial charge in [-0.15, -0.1) is 0 Å². The van der Waals surface area contributed by atoms with Gasteiger partial charge in [0, 0.05) is 24.9 Å². The Bertz CT molecular complexity index is 765. The predicted octanol–water partition coefficient (Wildman–Crippen LogP) is 3.82. The van der Waals surface area contributed by atoms with Crippen LogP contribution in [0.4, 0.5) is 5.69 Å². The van der Waals surface area contributed by atoms with Gasteiger partial charge in [-0.25, -0.2) is 0 Å². The number of carbonyl (C=O) groups is 1. The molecule has 0 saturated carbocycles. The molecule has 2 aliphatic rings. The normalized spacial score (nSPS) is 25.5. The third-order valence-corrected chi connectivity index (χ3v) is 5.08. The van der Waals surface area contributed by atoms with E-state index in [1.165, 1.54) is 30.3 Å². The summed E-state index contributed by atoms with van der Waals surface area (Å²) in [6.07, 6.45) is 5.37. The van der Waals surface area contributed by atoms with E-state index in [1.54, 1.807) is 0 Å².